The number of likely N-dealkylation sites (tertiary alicyclic amines) is 1. The van der Waals surface area contributed by atoms with Crippen molar-refractivity contribution >= 4 is 18.2 Å². The molecule has 0 aromatic heterocycles. The molecule has 0 aromatic carbocycles. The van der Waals surface area contributed by atoms with E-state index in [4.69, 9.17) is 0 Å². The molecule has 1 fully saturated rings. The Kier molecular flexibility index (Phi) is 5.09. The van der Waals surface area contributed by atoms with E-state index in [0.717, 1.165) is 19.3 Å². The molecule has 108 valence electrons. The van der Waals surface area contributed by atoms with Gasteiger partial charge in [-0.15, -0.1) is 0 Å². The Morgan fingerprint density at radius 2 is 2.25 bits per heavy atom. The number of imide groups is 1. The molecule has 5 heteroatoms. The van der Waals surface area contributed by atoms with Crippen LogP contribution >= 0.6 is 0 Å². The van der Waals surface area contributed by atoms with Gasteiger partial charge in [0.25, 0.3) is 5.91 Å². The molecule has 2 atom stereocenters. The fraction of sp³-hybridized carbons (Fsp3) is 0.533. The first-order valence-corrected chi connectivity index (χ1v) is 7.09. The summed E-state index contributed by atoms with van der Waals surface area (Å²) in [5.74, 6) is -0.240. The highest BCUT2D eigenvalue weighted by atomic mass is 16.2. The van der Waals surface area contributed by atoms with Crippen LogP contribution in [0.2, 0.25) is 0 Å². The third-order valence-corrected chi connectivity index (χ3v) is 3.77. The van der Waals surface area contributed by atoms with Gasteiger partial charge in [-0.1, -0.05) is 24.3 Å². The van der Waals surface area contributed by atoms with Crippen LogP contribution in [0.1, 0.15) is 32.1 Å². The fourth-order valence-corrected chi connectivity index (χ4v) is 2.64. The monoisotopic (exact) mass is 276 g/mol. The first kappa shape index (κ1) is 14.5. The summed E-state index contributed by atoms with van der Waals surface area (Å²) in [6.07, 6.45) is 11.9. The van der Waals surface area contributed by atoms with Crippen LogP contribution in [0.3, 0.4) is 0 Å². The zero-order valence-electron chi connectivity index (χ0n) is 11.5. The SMILES string of the molecule is O=CN[C@H]1CCCCN(C(=O)CC2C=CC=CC2)C1=O. The molecular formula is C15H20N2O3. The van der Waals surface area contributed by atoms with Crippen LogP contribution in [-0.4, -0.2) is 35.7 Å². The second-order valence-corrected chi connectivity index (χ2v) is 5.23. The van der Waals surface area contributed by atoms with Crippen LogP contribution in [0, 0.1) is 5.92 Å². The smallest absolute Gasteiger partial charge is 0.251 e. The van der Waals surface area contributed by atoms with Crippen molar-refractivity contribution < 1.29 is 14.4 Å². The van der Waals surface area contributed by atoms with Crippen molar-refractivity contribution in [3.8, 4) is 0 Å². The number of nitrogens with one attached hydrogen (secondary N) is 1. The minimum Gasteiger partial charge on any atom is -0.347 e. The summed E-state index contributed by atoms with van der Waals surface area (Å²) < 4.78 is 0. The quantitative estimate of drug-likeness (QED) is 0.784. The highest BCUT2D eigenvalue weighted by Gasteiger charge is 2.31. The number of rotatable bonds is 4. The van der Waals surface area contributed by atoms with Gasteiger partial charge in [-0.3, -0.25) is 19.3 Å². The van der Waals surface area contributed by atoms with E-state index in [1.165, 1.54) is 4.90 Å². The van der Waals surface area contributed by atoms with Crippen molar-refractivity contribution in [2.75, 3.05) is 6.54 Å². The van der Waals surface area contributed by atoms with Crippen molar-refractivity contribution in [1.82, 2.24) is 10.2 Å². The van der Waals surface area contributed by atoms with Gasteiger partial charge in [-0.25, -0.2) is 0 Å². The standard InChI is InChI=1S/C15H20N2O3/c18-11-16-13-8-4-5-9-17(15(13)20)14(19)10-12-6-2-1-3-7-12/h1-3,6,11-13H,4-5,7-10H2,(H,16,18)/t12?,13-/m0/s1. The summed E-state index contributed by atoms with van der Waals surface area (Å²) in [5.41, 5.74) is 0. The lowest BCUT2D eigenvalue weighted by Crippen LogP contribution is -2.47. The van der Waals surface area contributed by atoms with Crippen LogP contribution in [0.15, 0.2) is 24.3 Å². The molecule has 0 aromatic rings. The minimum absolute atomic E-state index is 0.139. The molecule has 1 N–H and O–H groups in total. The fourth-order valence-electron chi connectivity index (χ4n) is 2.64. The summed E-state index contributed by atoms with van der Waals surface area (Å²) in [6, 6.07) is -0.555. The van der Waals surface area contributed by atoms with Crippen LogP contribution in [-0.2, 0) is 14.4 Å². The predicted octanol–water partition coefficient (Wildman–Crippen LogP) is 1.16. The number of hydrogen-bond acceptors (Lipinski definition) is 3. The average molecular weight is 276 g/mol. The molecule has 2 aliphatic rings. The Hall–Kier alpha value is -1.91. The molecule has 0 saturated carbocycles. The lowest BCUT2D eigenvalue weighted by molar-refractivity contribution is -0.146. The summed E-state index contributed by atoms with van der Waals surface area (Å²) in [7, 11) is 0. The third kappa shape index (κ3) is 3.56. The number of carbonyl (C=O) groups excluding carboxylic acids is 3. The Bertz CT molecular complexity index is 442. The Morgan fingerprint density at radius 3 is 2.95 bits per heavy atom. The molecule has 1 heterocycles. The number of hydrogen-bond donors (Lipinski definition) is 1. The molecule has 0 bridgehead atoms. The summed E-state index contributed by atoms with van der Waals surface area (Å²) in [5, 5.41) is 2.51. The number of allylic oxidation sites excluding steroid dienone is 4. The first-order chi connectivity index (χ1) is 9.72. The van der Waals surface area contributed by atoms with E-state index in [9.17, 15) is 14.4 Å². The van der Waals surface area contributed by atoms with Gasteiger partial charge in [0.1, 0.15) is 6.04 Å². The van der Waals surface area contributed by atoms with Crippen LogP contribution in [0.25, 0.3) is 0 Å². The molecule has 1 aliphatic carbocycles. The molecule has 5 nitrogen and oxygen atoms in total. The van der Waals surface area contributed by atoms with E-state index in [0.29, 0.717) is 25.8 Å². The van der Waals surface area contributed by atoms with Gasteiger partial charge >= 0.3 is 0 Å². The van der Waals surface area contributed by atoms with Crippen LogP contribution in [0.4, 0.5) is 0 Å². The highest BCUT2D eigenvalue weighted by Crippen LogP contribution is 2.19. The van der Waals surface area contributed by atoms with Gasteiger partial charge in [0.15, 0.2) is 0 Å². The third-order valence-electron chi connectivity index (χ3n) is 3.77. The molecule has 20 heavy (non-hydrogen) atoms. The zero-order chi connectivity index (χ0) is 14.4. The van der Waals surface area contributed by atoms with E-state index < -0.39 is 6.04 Å². The number of carbonyl (C=O) groups is 3. The van der Waals surface area contributed by atoms with E-state index >= 15 is 0 Å². The maximum absolute atomic E-state index is 12.3. The normalized spacial score (nSPS) is 26.2. The average Bonchev–Trinajstić information content (AvgIpc) is 2.63. The van der Waals surface area contributed by atoms with E-state index in [1.54, 1.807) is 0 Å². The van der Waals surface area contributed by atoms with Gasteiger partial charge < -0.3 is 5.32 Å². The van der Waals surface area contributed by atoms with E-state index in [2.05, 4.69) is 5.32 Å². The first-order valence-electron chi connectivity index (χ1n) is 7.09. The Morgan fingerprint density at radius 1 is 1.40 bits per heavy atom. The lowest BCUT2D eigenvalue weighted by atomic mass is 9.96. The lowest BCUT2D eigenvalue weighted by Gasteiger charge is -2.24. The molecule has 3 amide bonds. The summed E-state index contributed by atoms with van der Waals surface area (Å²) >= 11 is 0. The van der Waals surface area contributed by atoms with Crippen molar-refractivity contribution in [1.29, 1.82) is 0 Å². The van der Waals surface area contributed by atoms with Gasteiger partial charge in [0, 0.05) is 13.0 Å². The van der Waals surface area contributed by atoms with E-state index in [1.807, 2.05) is 24.3 Å². The van der Waals surface area contributed by atoms with Gasteiger partial charge in [-0.2, -0.15) is 0 Å². The largest absolute Gasteiger partial charge is 0.347 e. The molecule has 0 spiro atoms. The second kappa shape index (κ2) is 7.03. The topological polar surface area (TPSA) is 66.5 Å². The molecule has 1 saturated heterocycles. The van der Waals surface area contributed by atoms with Gasteiger partial charge in [-0.05, 0) is 31.6 Å². The molecular weight excluding hydrogens is 256 g/mol. The summed E-state index contributed by atoms with van der Waals surface area (Å²) in [6.45, 7) is 0.459. The Balaban J connectivity index is 1.99. The molecule has 0 radical (unpaired) electrons. The van der Waals surface area contributed by atoms with Gasteiger partial charge in [0.05, 0.1) is 0 Å². The number of nitrogens with zero attached hydrogens (tertiary/aromatic N) is 1. The maximum atomic E-state index is 12.3. The second-order valence-electron chi connectivity index (χ2n) is 5.23. The van der Waals surface area contributed by atoms with Crippen molar-refractivity contribution in [3.63, 3.8) is 0 Å². The van der Waals surface area contributed by atoms with Crippen molar-refractivity contribution in [2.24, 2.45) is 5.92 Å². The highest BCUT2D eigenvalue weighted by molar-refractivity contribution is 5.98. The maximum Gasteiger partial charge on any atom is 0.251 e. The van der Waals surface area contributed by atoms with Gasteiger partial charge in [0.2, 0.25) is 12.3 Å². The molecule has 2 rings (SSSR count). The molecule has 1 unspecified atom stereocenters. The van der Waals surface area contributed by atoms with Crippen molar-refractivity contribution in [3.05, 3.63) is 24.3 Å². The van der Waals surface area contributed by atoms with E-state index in [-0.39, 0.29) is 17.7 Å². The van der Waals surface area contributed by atoms with Crippen LogP contribution in [0.5, 0.6) is 0 Å². The predicted molar refractivity (Wildman–Crippen MR) is 74.6 cm³/mol. The number of amides is 3. The Labute approximate surface area is 118 Å². The van der Waals surface area contributed by atoms with Crippen molar-refractivity contribution in [2.45, 2.75) is 38.1 Å². The molecule has 1 aliphatic heterocycles. The summed E-state index contributed by atoms with van der Waals surface area (Å²) in [4.78, 5) is 36.4. The zero-order valence-corrected chi connectivity index (χ0v) is 11.5. The van der Waals surface area contributed by atoms with Crippen LogP contribution < -0.4 is 5.32 Å². The minimum atomic E-state index is -0.555.